The van der Waals surface area contributed by atoms with Crippen molar-refractivity contribution in [3.05, 3.63) is 63.9 Å². The summed E-state index contributed by atoms with van der Waals surface area (Å²) < 4.78 is 14.5. The van der Waals surface area contributed by atoms with Gasteiger partial charge in [0.05, 0.1) is 5.92 Å². The van der Waals surface area contributed by atoms with Gasteiger partial charge < -0.3 is 5.32 Å². The van der Waals surface area contributed by atoms with E-state index in [-0.39, 0.29) is 11.7 Å². The molecule has 0 radical (unpaired) electrons. The van der Waals surface area contributed by atoms with Crippen molar-refractivity contribution in [3.63, 3.8) is 0 Å². The van der Waals surface area contributed by atoms with Crippen LogP contribution < -0.4 is 5.32 Å². The fraction of sp³-hybridized carbons (Fsp3) is 0.188. The van der Waals surface area contributed by atoms with Crippen LogP contribution in [0.2, 0.25) is 0 Å². The third-order valence-electron chi connectivity index (χ3n) is 3.28. The highest BCUT2D eigenvalue weighted by Crippen LogP contribution is 2.23. The van der Waals surface area contributed by atoms with Gasteiger partial charge in [0.1, 0.15) is 5.82 Å². The number of carbonyl (C=O) groups is 1. The quantitative estimate of drug-likeness (QED) is 0.869. The molecule has 1 N–H and O–H groups in total. The largest absolute Gasteiger partial charge is 0.326 e. The molecule has 2 rings (SSSR count). The third-order valence-corrected chi connectivity index (χ3v) is 3.81. The number of amides is 1. The average Bonchev–Trinajstić information content (AvgIpc) is 2.43. The first-order chi connectivity index (χ1) is 9.49. The Morgan fingerprint density at radius 3 is 2.50 bits per heavy atom. The Bertz CT molecular complexity index is 625. The zero-order valence-electron chi connectivity index (χ0n) is 11.3. The molecule has 0 aromatic heterocycles. The van der Waals surface area contributed by atoms with Gasteiger partial charge in [0.25, 0.3) is 0 Å². The molecule has 0 spiro atoms. The van der Waals surface area contributed by atoms with Crippen LogP contribution in [0.15, 0.2) is 46.9 Å². The van der Waals surface area contributed by atoms with E-state index in [2.05, 4.69) is 21.2 Å². The van der Waals surface area contributed by atoms with Crippen molar-refractivity contribution in [1.29, 1.82) is 0 Å². The molecule has 2 aromatic carbocycles. The van der Waals surface area contributed by atoms with Crippen molar-refractivity contribution in [1.82, 2.24) is 0 Å². The van der Waals surface area contributed by atoms with Gasteiger partial charge >= 0.3 is 0 Å². The Morgan fingerprint density at radius 1 is 1.20 bits per heavy atom. The second-order valence-corrected chi connectivity index (χ2v) is 5.59. The fourth-order valence-corrected chi connectivity index (χ4v) is 2.28. The first kappa shape index (κ1) is 14.7. The van der Waals surface area contributed by atoms with Gasteiger partial charge in [-0.2, -0.15) is 0 Å². The minimum absolute atomic E-state index is 0.152. The molecule has 1 atom stereocenters. The van der Waals surface area contributed by atoms with Crippen LogP contribution in [-0.4, -0.2) is 5.91 Å². The van der Waals surface area contributed by atoms with E-state index in [4.69, 9.17) is 0 Å². The number of benzene rings is 2. The lowest BCUT2D eigenvalue weighted by molar-refractivity contribution is -0.117. The van der Waals surface area contributed by atoms with Crippen LogP contribution >= 0.6 is 15.9 Å². The first-order valence-corrected chi connectivity index (χ1v) is 7.10. The molecule has 1 unspecified atom stereocenters. The van der Waals surface area contributed by atoms with Gasteiger partial charge in [-0.05, 0) is 55.3 Å². The zero-order valence-corrected chi connectivity index (χ0v) is 12.9. The highest BCUT2D eigenvalue weighted by molar-refractivity contribution is 9.10. The van der Waals surface area contributed by atoms with Crippen molar-refractivity contribution in [2.75, 3.05) is 5.32 Å². The van der Waals surface area contributed by atoms with Crippen LogP contribution in [0.4, 0.5) is 10.1 Å². The van der Waals surface area contributed by atoms with Crippen LogP contribution in [0, 0.1) is 12.7 Å². The van der Waals surface area contributed by atoms with Gasteiger partial charge in [0.2, 0.25) is 5.91 Å². The maximum Gasteiger partial charge on any atom is 0.231 e. The molecule has 2 nitrogen and oxygen atoms in total. The Balaban J connectivity index is 2.16. The summed E-state index contributed by atoms with van der Waals surface area (Å²) >= 11 is 3.34. The summed E-state index contributed by atoms with van der Waals surface area (Å²) in [7, 11) is 0. The minimum Gasteiger partial charge on any atom is -0.326 e. The molecule has 0 aliphatic heterocycles. The molecular weight excluding hydrogens is 321 g/mol. The molecule has 0 bridgehead atoms. The Labute approximate surface area is 126 Å². The lowest BCUT2D eigenvalue weighted by Crippen LogP contribution is -2.19. The normalized spacial score (nSPS) is 12.0. The van der Waals surface area contributed by atoms with Crippen molar-refractivity contribution in [2.45, 2.75) is 19.8 Å². The Morgan fingerprint density at radius 2 is 1.85 bits per heavy atom. The molecule has 104 valence electrons. The summed E-state index contributed by atoms with van der Waals surface area (Å²) in [4.78, 5) is 12.2. The number of anilines is 1. The number of nitrogens with one attached hydrogen (secondary N) is 1. The topological polar surface area (TPSA) is 29.1 Å². The molecule has 4 heteroatoms. The van der Waals surface area contributed by atoms with E-state index in [0.29, 0.717) is 11.1 Å². The van der Waals surface area contributed by atoms with E-state index in [1.165, 1.54) is 6.07 Å². The van der Waals surface area contributed by atoms with E-state index in [9.17, 15) is 9.18 Å². The predicted molar refractivity (Wildman–Crippen MR) is 82.3 cm³/mol. The van der Waals surface area contributed by atoms with E-state index in [1.54, 1.807) is 26.0 Å². The minimum atomic E-state index is -0.408. The van der Waals surface area contributed by atoms with Crippen LogP contribution in [0.3, 0.4) is 0 Å². The Kier molecular flexibility index (Phi) is 4.55. The zero-order chi connectivity index (χ0) is 14.7. The van der Waals surface area contributed by atoms with Crippen LogP contribution in [0.25, 0.3) is 0 Å². The molecule has 0 saturated heterocycles. The monoisotopic (exact) mass is 335 g/mol. The van der Waals surface area contributed by atoms with E-state index >= 15 is 0 Å². The van der Waals surface area contributed by atoms with Gasteiger partial charge in [-0.3, -0.25) is 4.79 Å². The van der Waals surface area contributed by atoms with E-state index < -0.39 is 5.92 Å². The summed E-state index contributed by atoms with van der Waals surface area (Å²) in [5.41, 5.74) is 1.95. The SMILES string of the molecule is Cc1c(F)cccc1C(C)C(=O)Nc1ccc(Br)cc1. The number of hydrogen-bond donors (Lipinski definition) is 1. The van der Waals surface area contributed by atoms with Crippen molar-refractivity contribution < 1.29 is 9.18 Å². The number of rotatable bonds is 3. The predicted octanol–water partition coefficient (Wildman–Crippen LogP) is 4.64. The van der Waals surface area contributed by atoms with Crippen LogP contribution in [0.5, 0.6) is 0 Å². The van der Waals surface area contributed by atoms with Gasteiger partial charge in [-0.15, -0.1) is 0 Å². The lowest BCUT2D eigenvalue weighted by atomic mass is 9.95. The summed E-state index contributed by atoms with van der Waals surface area (Å²) in [6.07, 6.45) is 0. The maximum atomic E-state index is 13.5. The maximum absolute atomic E-state index is 13.5. The van der Waals surface area contributed by atoms with E-state index in [1.807, 2.05) is 24.3 Å². The second kappa shape index (κ2) is 6.18. The summed E-state index contributed by atoms with van der Waals surface area (Å²) in [6, 6.07) is 12.1. The Hall–Kier alpha value is -1.68. The molecule has 2 aromatic rings. The summed E-state index contributed by atoms with van der Waals surface area (Å²) in [5.74, 6) is -0.846. The third kappa shape index (κ3) is 3.25. The highest BCUT2D eigenvalue weighted by Gasteiger charge is 2.18. The van der Waals surface area contributed by atoms with Crippen molar-refractivity contribution in [3.8, 4) is 0 Å². The molecule has 0 aliphatic carbocycles. The average molecular weight is 336 g/mol. The highest BCUT2D eigenvalue weighted by atomic mass is 79.9. The van der Waals surface area contributed by atoms with Gasteiger partial charge in [-0.1, -0.05) is 28.1 Å². The van der Waals surface area contributed by atoms with Gasteiger partial charge in [0, 0.05) is 10.2 Å². The molecule has 0 heterocycles. The van der Waals surface area contributed by atoms with Gasteiger partial charge in [-0.25, -0.2) is 4.39 Å². The molecule has 0 aliphatic rings. The smallest absolute Gasteiger partial charge is 0.231 e. The van der Waals surface area contributed by atoms with Crippen molar-refractivity contribution in [2.24, 2.45) is 0 Å². The molecule has 0 fully saturated rings. The van der Waals surface area contributed by atoms with Crippen LogP contribution in [0.1, 0.15) is 24.0 Å². The van der Waals surface area contributed by atoms with Gasteiger partial charge in [0.15, 0.2) is 0 Å². The molecular formula is C16H15BrFNO. The first-order valence-electron chi connectivity index (χ1n) is 6.30. The lowest BCUT2D eigenvalue weighted by Gasteiger charge is -2.15. The molecule has 20 heavy (non-hydrogen) atoms. The summed E-state index contributed by atoms with van der Waals surface area (Å²) in [5, 5.41) is 2.83. The van der Waals surface area contributed by atoms with E-state index in [0.717, 1.165) is 10.2 Å². The van der Waals surface area contributed by atoms with Crippen molar-refractivity contribution >= 4 is 27.5 Å². The number of halogens is 2. The molecule has 1 amide bonds. The number of carbonyl (C=O) groups excluding carboxylic acids is 1. The standard InChI is InChI=1S/C16H15BrFNO/c1-10-14(4-3-5-15(10)18)11(2)16(20)19-13-8-6-12(17)7-9-13/h3-9,11H,1-2H3,(H,19,20). The summed E-state index contributed by atoms with van der Waals surface area (Å²) in [6.45, 7) is 3.46. The molecule has 0 saturated carbocycles. The number of hydrogen-bond acceptors (Lipinski definition) is 1. The van der Waals surface area contributed by atoms with Crippen LogP contribution in [-0.2, 0) is 4.79 Å². The fourth-order valence-electron chi connectivity index (χ4n) is 2.02. The second-order valence-electron chi connectivity index (χ2n) is 4.67.